The minimum absolute atomic E-state index is 0.0323. The first-order valence-electron chi connectivity index (χ1n) is 8.92. The maximum atomic E-state index is 12.6. The molecule has 2 N–H and O–H groups in total. The van der Waals surface area contributed by atoms with E-state index >= 15 is 0 Å². The molecule has 0 atom stereocenters. The van der Waals surface area contributed by atoms with Gasteiger partial charge < -0.3 is 10.0 Å². The highest BCUT2D eigenvalue weighted by molar-refractivity contribution is 7.89. The van der Waals surface area contributed by atoms with Crippen molar-refractivity contribution in [2.45, 2.75) is 31.2 Å². The third-order valence-electron chi connectivity index (χ3n) is 4.29. The van der Waals surface area contributed by atoms with E-state index in [1.165, 1.54) is 17.7 Å². The van der Waals surface area contributed by atoms with Crippen LogP contribution in [0.3, 0.4) is 0 Å². The van der Waals surface area contributed by atoms with Crippen molar-refractivity contribution in [1.29, 1.82) is 0 Å². The molecule has 0 saturated carbocycles. The first-order chi connectivity index (χ1) is 12.8. The van der Waals surface area contributed by atoms with Crippen molar-refractivity contribution in [3.8, 4) is 0 Å². The largest absolute Gasteiger partial charge is 0.478 e. The lowest BCUT2D eigenvalue weighted by atomic mass is 10.1. The zero-order chi connectivity index (χ0) is 19.9. The Morgan fingerprint density at radius 2 is 1.85 bits per heavy atom. The van der Waals surface area contributed by atoms with Crippen LogP contribution in [0.4, 0.5) is 0 Å². The molecule has 0 radical (unpaired) electrons. The number of carboxylic acid groups (broad SMARTS) is 1. The molecule has 146 valence electrons. The molecule has 0 unspecified atom stereocenters. The molecule has 0 aliphatic heterocycles. The Morgan fingerprint density at radius 3 is 2.48 bits per heavy atom. The lowest BCUT2D eigenvalue weighted by molar-refractivity contribution is 0.0696. The minimum Gasteiger partial charge on any atom is -0.478 e. The SMILES string of the molecule is CCc1ccc(C(=O)O)cc1S(=O)(=O)NCCCN(C)Cc1ccccc1. The monoisotopic (exact) mass is 390 g/mol. The summed E-state index contributed by atoms with van der Waals surface area (Å²) >= 11 is 0. The van der Waals surface area contributed by atoms with E-state index in [-0.39, 0.29) is 10.5 Å². The van der Waals surface area contributed by atoms with Gasteiger partial charge in [0.05, 0.1) is 10.5 Å². The number of carboxylic acids is 1. The van der Waals surface area contributed by atoms with E-state index in [0.717, 1.165) is 13.1 Å². The van der Waals surface area contributed by atoms with Gasteiger partial charge in [0.2, 0.25) is 10.0 Å². The molecule has 0 bridgehead atoms. The summed E-state index contributed by atoms with van der Waals surface area (Å²) in [6.07, 6.45) is 1.17. The number of carbonyl (C=O) groups is 1. The number of hydrogen-bond acceptors (Lipinski definition) is 4. The molecule has 2 aromatic rings. The second-order valence-electron chi connectivity index (χ2n) is 6.46. The lowest BCUT2D eigenvalue weighted by Gasteiger charge is -2.17. The second-order valence-corrected chi connectivity index (χ2v) is 8.19. The number of nitrogens with zero attached hydrogens (tertiary/aromatic N) is 1. The predicted molar refractivity (Wildman–Crippen MR) is 105 cm³/mol. The molecule has 6 nitrogen and oxygen atoms in total. The van der Waals surface area contributed by atoms with Gasteiger partial charge in [-0.2, -0.15) is 0 Å². The van der Waals surface area contributed by atoms with Crippen molar-refractivity contribution < 1.29 is 18.3 Å². The fraction of sp³-hybridized carbons (Fsp3) is 0.350. The number of aryl methyl sites for hydroxylation is 1. The van der Waals surface area contributed by atoms with Crippen LogP contribution in [-0.2, 0) is 23.0 Å². The van der Waals surface area contributed by atoms with E-state index in [2.05, 4.69) is 21.8 Å². The van der Waals surface area contributed by atoms with Gasteiger partial charge in [-0.05, 0) is 49.7 Å². The van der Waals surface area contributed by atoms with Gasteiger partial charge in [0.25, 0.3) is 0 Å². The Labute approximate surface area is 160 Å². The Hall–Kier alpha value is -2.22. The van der Waals surface area contributed by atoms with Gasteiger partial charge in [0.1, 0.15) is 0 Å². The summed E-state index contributed by atoms with van der Waals surface area (Å²) in [6.45, 7) is 3.68. The number of sulfonamides is 1. The van der Waals surface area contributed by atoms with Gasteiger partial charge in [-0.25, -0.2) is 17.9 Å². The fourth-order valence-corrected chi connectivity index (χ4v) is 4.25. The molecular formula is C20H26N2O4S. The van der Waals surface area contributed by atoms with Crippen molar-refractivity contribution in [3.63, 3.8) is 0 Å². The van der Waals surface area contributed by atoms with Crippen molar-refractivity contribution in [3.05, 3.63) is 65.2 Å². The van der Waals surface area contributed by atoms with Gasteiger partial charge in [-0.15, -0.1) is 0 Å². The van der Waals surface area contributed by atoms with Crippen LogP contribution < -0.4 is 4.72 Å². The van der Waals surface area contributed by atoms with E-state index in [1.54, 1.807) is 6.07 Å². The molecule has 27 heavy (non-hydrogen) atoms. The van der Waals surface area contributed by atoms with Crippen LogP contribution in [0.15, 0.2) is 53.4 Å². The van der Waals surface area contributed by atoms with Crippen molar-refractivity contribution in [2.24, 2.45) is 0 Å². The third-order valence-corrected chi connectivity index (χ3v) is 5.83. The molecule has 0 aliphatic carbocycles. The quantitative estimate of drug-likeness (QED) is 0.609. The molecule has 0 amide bonds. The van der Waals surface area contributed by atoms with Crippen LogP contribution in [0.1, 0.15) is 34.8 Å². The van der Waals surface area contributed by atoms with E-state index in [9.17, 15) is 13.2 Å². The van der Waals surface area contributed by atoms with Gasteiger partial charge in [-0.1, -0.05) is 43.3 Å². The molecule has 2 aromatic carbocycles. The number of benzene rings is 2. The van der Waals surface area contributed by atoms with Crippen LogP contribution in [0, 0.1) is 0 Å². The standard InChI is InChI=1S/C20H26N2O4S/c1-3-17-10-11-18(20(23)24)14-19(17)27(25,26)21-12-7-13-22(2)15-16-8-5-4-6-9-16/h4-6,8-11,14,21H,3,7,12-13,15H2,1-2H3,(H,23,24). The van der Waals surface area contributed by atoms with Gasteiger partial charge in [0, 0.05) is 13.1 Å². The summed E-state index contributed by atoms with van der Waals surface area (Å²) in [7, 11) is -1.75. The van der Waals surface area contributed by atoms with E-state index in [4.69, 9.17) is 5.11 Å². The van der Waals surface area contributed by atoms with Crippen LogP contribution in [0.5, 0.6) is 0 Å². The Morgan fingerprint density at radius 1 is 1.15 bits per heavy atom. The Balaban J connectivity index is 1.93. The summed E-state index contributed by atoms with van der Waals surface area (Å²) < 4.78 is 27.8. The maximum Gasteiger partial charge on any atom is 0.335 e. The first-order valence-corrected chi connectivity index (χ1v) is 10.4. The maximum absolute atomic E-state index is 12.6. The average molecular weight is 391 g/mol. The molecule has 7 heteroatoms. The zero-order valence-electron chi connectivity index (χ0n) is 15.7. The Kier molecular flexibility index (Phi) is 7.53. The smallest absolute Gasteiger partial charge is 0.335 e. The zero-order valence-corrected chi connectivity index (χ0v) is 16.5. The highest BCUT2D eigenvalue weighted by atomic mass is 32.2. The number of rotatable bonds is 10. The van der Waals surface area contributed by atoms with Gasteiger partial charge in [0.15, 0.2) is 0 Å². The lowest BCUT2D eigenvalue weighted by Crippen LogP contribution is -2.29. The highest BCUT2D eigenvalue weighted by Crippen LogP contribution is 2.18. The van der Waals surface area contributed by atoms with Crippen LogP contribution in [0.2, 0.25) is 0 Å². The van der Waals surface area contributed by atoms with Crippen LogP contribution in [0.25, 0.3) is 0 Å². The minimum atomic E-state index is -3.75. The average Bonchev–Trinajstić information content (AvgIpc) is 2.65. The van der Waals surface area contributed by atoms with Crippen molar-refractivity contribution in [2.75, 3.05) is 20.1 Å². The summed E-state index contributed by atoms with van der Waals surface area (Å²) in [6, 6.07) is 14.3. The number of aromatic carboxylic acids is 1. The Bertz CT molecular complexity index is 867. The molecule has 0 aliphatic rings. The molecule has 0 heterocycles. The van der Waals surface area contributed by atoms with Crippen LogP contribution >= 0.6 is 0 Å². The van der Waals surface area contributed by atoms with Crippen molar-refractivity contribution >= 4 is 16.0 Å². The normalized spacial score (nSPS) is 11.7. The summed E-state index contributed by atoms with van der Waals surface area (Å²) in [5, 5.41) is 9.11. The van der Waals surface area contributed by atoms with E-state index in [1.807, 2.05) is 32.2 Å². The summed E-state index contributed by atoms with van der Waals surface area (Å²) in [4.78, 5) is 13.3. The number of hydrogen-bond donors (Lipinski definition) is 2. The first kappa shape index (κ1) is 21.1. The highest BCUT2D eigenvalue weighted by Gasteiger charge is 2.19. The van der Waals surface area contributed by atoms with E-state index < -0.39 is 16.0 Å². The molecule has 0 fully saturated rings. The summed E-state index contributed by atoms with van der Waals surface area (Å²) in [5.41, 5.74) is 1.78. The van der Waals surface area contributed by atoms with Gasteiger partial charge >= 0.3 is 5.97 Å². The molecule has 2 rings (SSSR count). The molecular weight excluding hydrogens is 364 g/mol. The second kappa shape index (κ2) is 9.64. The van der Waals surface area contributed by atoms with Crippen molar-refractivity contribution in [1.82, 2.24) is 9.62 Å². The summed E-state index contributed by atoms with van der Waals surface area (Å²) in [5.74, 6) is -1.14. The van der Waals surface area contributed by atoms with E-state index in [0.29, 0.717) is 24.9 Å². The van der Waals surface area contributed by atoms with Crippen LogP contribution in [-0.4, -0.2) is 44.5 Å². The van der Waals surface area contributed by atoms with Gasteiger partial charge in [-0.3, -0.25) is 0 Å². The topological polar surface area (TPSA) is 86.7 Å². The predicted octanol–water partition coefficient (Wildman–Crippen LogP) is 2.75. The third kappa shape index (κ3) is 6.16. The molecule has 0 saturated heterocycles. The molecule has 0 spiro atoms. The number of nitrogens with one attached hydrogen (secondary N) is 1. The fourth-order valence-electron chi connectivity index (χ4n) is 2.84. The molecule has 0 aromatic heterocycles.